The van der Waals surface area contributed by atoms with Crippen molar-refractivity contribution in [3.8, 4) is 11.1 Å². The fourth-order valence-electron chi connectivity index (χ4n) is 4.49. The van der Waals surface area contributed by atoms with Crippen LogP contribution in [0.15, 0.2) is 48.5 Å². The Bertz CT molecular complexity index is 994. The number of aliphatic carboxylic acids is 1. The molecule has 0 bridgehead atoms. The van der Waals surface area contributed by atoms with E-state index in [4.69, 9.17) is 14.6 Å². The molecule has 2 aromatic carbocycles. The molecule has 0 saturated carbocycles. The van der Waals surface area contributed by atoms with Crippen LogP contribution in [0.5, 0.6) is 0 Å². The zero-order valence-electron chi connectivity index (χ0n) is 18.5. The van der Waals surface area contributed by atoms with E-state index >= 15 is 0 Å². The summed E-state index contributed by atoms with van der Waals surface area (Å²) < 4.78 is 10.9. The second kappa shape index (κ2) is 10.0. The van der Waals surface area contributed by atoms with Crippen LogP contribution in [0.3, 0.4) is 0 Å². The van der Waals surface area contributed by atoms with E-state index in [-0.39, 0.29) is 37.7 Å². The Kier molecular flexibility index (Phi) is 6.93. The van der Waals surface area contributed by atoms with Gasteiger partial charge in [-0.15, -0.1) is 0 Å². The number of hydrogen-bond acceptors (Lipinski definition) is 5. The van der Waals surface area contributed by atoms with Crippen LogP contribution in [-0.2, 0) is 19.1 Å². The van der Waals surface area contributed by atoms with E-state index in [2.05, 4.69) is 22.8 Å². The lowest BCUT2D eigenvalue weighted by Gasteiger charge is -2.19. The summed E-state index contributed by atoms with van der Waals surface area (Å²) in [6, 6.07) is 15.4. The van der Waals surface area contributed by atoms with Crippen molar-refractivity contribution in [2.75, 3.05) is 19.8 Å². The maximum Gasteiger partial charge on any atom is 0.407 e. The van der Waals surface area contributed by atoms with Crippen molar-refractivity contribution in [1.29, 1.82) is 0 Å². The second-order valence-electron chi connectivity index (χ2n) is 8.40. The summed E-state index contributed by atoms with van der Waals surface area (Å²) in [6.07, 6.45) is -0.255. The number of rotatable bonds is 8. The molecular formula is C25H28N2O6. The van der Waals surface area contributed by atoms with Crippen molar-refractivity contribution in [2.45, 2.75) is 37.8 Å². The van der Waals surface area contributed by atoms with Gasteiger partial charge in [0.2, 0.25) is 5.91 Å². The Morgan fingerprint density at radius 1 is 1.09 bits per heavy atom. The van der Waals surface area contributed by atoms with E-state index < -0.39 is 24.0 Å². The number of amides is 2. The molecule has 1 fully saturated rings. The zero-order chi connectivity index (χ0) is 23.4. The third-order valence-corrected chi connectivity index (χ3v) is 6.29. The van der Waals surface area contributed by atoms with Crippen LogP contribution in [0.2, 0.25) is 0 Å². The Labute approximate surface area is 192 Å². The fourth-order valence-corrected chi connectivity index (χ4v) is 4.49. The predicted molar refractivity (Wildman–Crippen MR) is 121 cm³/mol. The summed E-state index contributed by atoms with van der Waals surface area (Å²) in [5.41, 5.74) is 4.53. The average molecular weight is 453 g/mol. The number of hydrogen-bond donors (Lipinski definition) is 3. The first kappa shape index (κ1) is 22.8. The highest BCUT2D eigenvalue weighted by Gasteiger charge is 2.32. The molecule has 174 valence electrons. The largest absolute Gasteiger partial charge is 0.481 e. The lowest BCUT2D eigenvalue weighted by Crippen LogP contribution is -2.48. The maximum atomic E-state index is 12.5. The van der Waals surface area contributed by atoms with E-state index in [0.717, 1.165) is 22.3 Å². The Hall–Kier alpha value is -3.39. The zero-order valence-corrected chi connectivity index (χ0v) is 18.5. The number of fused-ring (bicyclic) bond motifs is 3. The number of benzene rings is 2. The van der Waals surface area contributed by atoms with Crippen molar-refractivity contribution < 1.29 is 29.0 Å². The lowest BCUT2D eigenvalue weighted by atomic mass is 9.98. The molecule has 1 aliphatic heterocycles. The van der Waals surface area contributed by atoms with Crippen molar-refractivity contribution in [1.82, 2.24) is 10.6 Å². The molecule has 2 aliphatic rings. The van der Waals surface area contributed by atoms with Crippen molar-refractivity contribution >= 4 is 18.0 Å². The molecule has 0 aromatic heterocycles. The van der Waals surface area contributed by atoms with Crippen molar-refractivity contribution in [3.05, 3.63) is 59.7 Å². The quantitative estimate of drug-likeness (QED) is 0.568. The fraction of sp³-hybridized carbons (Fsp3) is 0.400. The SMILES string of the molecule is CC[C@@H](NC(=O)OCC1c2ccccc2-c2ccccc21)C(=O)NCC1CC(C(=O)O)CO1. The molecule has 2 amide bonds. The van der Waals surface area contributed by atoms with Crippen LogP contribution in [0.1, 0.15) is 36.8 Å². The normalized spacial score (nSPS) is 19.9. The lowest BCUT2D eigenvalue weighted by molar-refractivity contribution is -0.141. The second-order valence-corrected chi connectivity index (χ2v) is 8.40. The molecule has 8 nitrogen and oxygen atoms in total. The molecule has 1 aliphatic carbocycles. The van der Waals surface area contributed by atoms with Gasteiger partial charge in [-0.3, -0.25) is 9.59 Å². The van der Waals surface area contributed by atoms with Gasteiger partial charge < -0.3 is 25.2 Å². The first-order valence-electron chi connectivity index (χ1n) is 11.2. The van der Waals surface area contributed by atoms with Crippen molar-refractivity contribution in [3.63, 3.8) is 0 Å². The minimum atomic E-state index is -0.896. The Balaban J connectivity index is 1.29. The summed E-state index contributed by atoms with van der Waals surface area (Å²) in [6.45, 7) is 2.31. The molecule has 3 N–H and O–H groups in total. The van der Waals surface area contributed by atoms with Gasteiger partial charge in [-0.05, 0) is 35.1 Å². The van der Waals surface area contributed by atoms with Crippen LogP contribution in [0, 0.1) is 5.92 Å². The summed E-state index contributed by atoms with van der Waals surface area (Å²) in [5.74, 6) is -1.85. The monoisotopic (exact) mass is 452 g/mol. The Morgan fingerprint density at radius 3 is 2.30 bits per heavy atom. The van der Waals surface area contributed by atoms with Gasteiger partial charge in [-0.1, -0.05) is 55.5 Å². The van der Waals surface area contributed by atoms with E-state index in [1.807, 2.05) is 36.4 Å². The van der Waals surface area contributed by atoms with E-state index in [1.54, 1.807) is 6.92 Å². The highest BCUT2D eigenvalue weighted by atomic mass is 16.5. The van der Waals surface area contributed by atoms with Crippen LogP contribution in [0.25, 0.3) is 11.1 Å². The van der Waals surface area contributed by atoms with Gasteiger partial charge in [-0.25, -0.2) is 4.79 Å². The van der Waals surface area contributed by atoms with E-state index in [0.29, 0.717) is 12.8 Å². The minimum Gasteiger partial charge on any atom is -0.481 e. The van der Waals surface area contributed by atoms with Gasteiger partial charge in [0.25, 0.3) is 0 Å². The van der Waals surface area contributed by atoms with E-state index in [1.165, 1.54) is 0 Å². The molecule has 0 spiro atoms. The standard InChI is InChI=1S/C25H28N2O6/c1-2-22(23(28)26-12-16-11-15(13-32-16)24(29)30)27-25(31)33-14-21-19-9-5-3-7-17(19)18-8-4-6-10-20(18)21/h3-10,15-16,21-22H,2,11-14H2,1H3,(H,26,28)(H,27,31)(H,29,30)/t15?,16?,22-/m1/s1. The molecule has 8 heteroatoms. The number of carbonyl (C=O) groups is 3. The highest BCUT2D eigenvalue weighted by Crippen LogP contribution is 2.44. The molecular weight excluding hydrogens is 424 g/mol. The van der Waals surface area contributed by atoms with Crippen LogP contribution >= 0.6 is 0 Å². The molecule has 3 atom stereocenters. The van der Waals surface area contributed by atoms with Crippen LogP contribution < -0.4 is 10.6 Å². The summed E-state index contributed by atoms with van der Waals surface area (Å²) in [5, 5.41) is 14.4. The topological polar surface area (TPSA) is 114 Å². The summed E-state index contributed by atoms with van der Waals surface area (Å²) in [4.78, 5) is 36.0. The first-order valence-corrected chi connectivity index (χ1v) is 11.2. The molecule has 1 heterocycles. The minimum absolute atomic E-state index is 0.0567. The average Bonchev–Trinajstić information content (AvgIpc) is 3.43. The highest BCUT2D eigenvalue weighted by molar-refractivity contribution is 5.85. The number of nitrogens with one attached hydrogen (secondary N) is 2. The van der Waals surface area contributed by atoms with Gasteiger partial charge in [0.15, 0.2) is 0 Å². The van der Waals surface area contributed by atoms with Crippen LogP contribution in [-0.4, -0.2) is 55.0 Å². The van der Waals surface area contributed by atoms with Gasteiger partial charge in [0.05, 0.1) is 18.6 Å². The number of alkyl carbamates (subject to hydrolysis) is 1. The van der Waals surface area contributed by atoms with Crippen LogP contribution in [0.4, 0.5) is 4.79 Å². The number of carboxylic acids is 1. The molecule has 33 heavy (non-hydrogen) atoms. The van der Waals surface area contributed by atoms with Gasteiger partial charge in [-0.2, -0.15) is 0 Å². The third kappa shape index (κ3) is 5.01. The molecule has 1 saturated heterocycles. The molecule has 2 unspecified atom stereocenters. The number of carbonyl (C=O) groups excluding carboxylic acids is 2. The molecule has 0 radical (unpaired) electrons. The van der Waals surface area contributed by atoms with E-state index in [9.17, 15) is 14.4 Å². The number of ether oxygens (including phenoxy) is 2. The predicted octanol–water partition coefficient (Wildman–Crippen LogP) is 2.91. The van der Waals surface area contributed by atoms with Crippen molar-refractivity contribution in [2.24, 2.45) is 5.92 Å². The number of carboxylic acid groups (broad SMARTS) is 1. The molecule has 2 aromatic rings. The Morgan fingerprint density at radius 2 is 1.73 bits per heavy atom. The summed E-state index contributed by atoms with van der Waals surface area (Å²) >= 11 is 0. The smallest absolute Gasteiger partial charge is 0.407 e. The molecule has 4 rings (SSSR count). The van der Waals surface area contributed by atoms with Gasteiger partial charge >= 0.3 is 12.1 Å². The van der Waals surface area contributed by atoms with Gasteiger partial charge in [0.1, 0.15) is 12.6 Å². The first-order chi connectivity index (χ1) is 16.0. The van der Waals surface area contributed by atoms with Gasteiger partial charge in [0, 0.05) is 12.5 Å². The maximum absolute atomic E-state index is 12.5. The third-order valence-electron chi connectivity index (χ3n) is 6.29. The summed E-state index contributed by atoms with van der Waals surface area (Å²) in [7, 11) is 0.